The number of nitrogens with one attached hydrogen (secondary N) is 1. The zero-order valence-electron chi connectivity index (χ0n) is 10.0. The molecule has 0 aliphatic carbocycles. The standard InChI is InChI=1S/C15H13ClN2/c1-11-6-8-12(9-7-11)18-15-5-3-2-4-13(15)14(16)10-17-18/h2-10,17H,1H3. The molecule has 2 aromatic rings. The van der Waals surface area contributed by atoms with Crippen LogP contribution >= 0.6 is 11.6 Å². The molecular formula is C15H13ClN2. The smallest absolute Gasteiger partial charge is 0.0718 e. The molecule has 0 spiro atoms. The van der Waals surface area contributed by atoms with Crippen LogP contribution in [0.1, 0.15) is 11.1 Å². The van der Waals surface area contributed by atoms with Crippen molar-refractivity contribution in [1.82, 2.24) is 5.43 Å². The SMILES string of the molecule is Cc1ccc(N2NC=C(Cl)c3ccccc32)cc1. The summed E-state index contributed by atoms with van der Waals surface area (Å²) >= 11 is 6.20. The van der Waals surface area contributed by atoms with E-state index < -0.39 is 0 Å². The lowest BCUT2D eigenvalue weighted by Crippen LogP contribution is -2.32. The molecule has 2 nitrogen and oxygen atoms in total. The number of nitrogens with zero attached hydrogens (tertiary/aromatic N) is 1. The number of para-hydroxylation sites is 1. The highest BCUT2D eigenvalue weighted by molar-refractivity contribution is 6.49. The minimum atomic E-state index is 0.731. The Balaban J connectivity index is 2.08. The van der Waals surface area contributed by atoms with Gasteiger partial charge in [0, 0.05) is 11.8 Å². The van der Waals surface area contributed by atoms with Crippen molar-refractivity contribution in [1.29, 1.82) is 0 Å². The van der Waals surface area contributed by atoms with Crippen molar-refractivity contribution in [2.75, 3.05) is 5.01 Å². The van der Waals surface area contributed by atoms with Crippen LogP contribution in [0, 0.1) is 6.92 Å². The van der Waals surface area contributed by atoms with Crippen molar-refractivity contribution in [2.45, 2.75) is 6.92 Å². The lowest BCUT2D eigenvalue weighted by molar-refractivity contribution is 0.877. The highest BCUT2D eigenvalue weighted by atomic mass is 35.5. The first-order chi connectivity index (χ1) is 8.75. The van der Waals surface area contributed by atoms with Gasteiger partial charge in [-0.25, -0.2) is 0 Å². The number of hydrogen-bond donors (Lipinski definition) is 1. The van der Waals surface area contributed by atoms with E-state index in [1.54, 1.807) is 0 Å². The van der Waals surface area contributed by atoms with Gasteiger partial charge in [-0.1, -0.05) is 47.5 Å². The van der Waals surface area contributed by atoms with E-state index in [9.17, 15) is 0 Å². The molecule has 0 saturated carbocycles. The second-order valence-electron chi connectivity index (χ2n) is 4.31. The quantitative estimate of drug-likeness (QED) is 0.823. The number of aryl methyl sites for hydroxylation is 1. The van der Waals surface area contributed by atoms with Crippen LogP contribution < -0.4 is 10.4 Å². The van der Waals surface area contributed by atoms with Gasteiger partial charge in [-0.05, 0) is 25.1 Å². The fourth-order valence-electron chi connectivity index (χ4n) is 2.05. The molecule has 1 heterocycles. The number of benzene rings is 2. The summed E-state index contributed by atoms with van der Waals surface area (Å²) in [4.78, 5) is 0. The number of rotatable bonds is 1. The van der Waals surface area contributed by atoms with Gasteiger partial charge >= 0.3 is 0 Å². The van der Waals surface area contributed by atoms with Crippen molar-refractivity contribution in [2.24, 2.45) is 0 Å². The molecule has 18 heavy (non-hydrogen) atoms. The van der Waals surface area contributed by atoms with E-state index in [2.05, 4.69) is 42.7 Å². The van der Waals surface area contributed by atoms with Crippen molar-refractivity contribution in [3.8, 4) is 0 Å². The largest absolute Gasteiger partial charge is 0.300 e. The van der Waals surface area contributed by atoms with E-state index >= 15 is 0 Å². The molecule has 0 unspecified atom stereocenters. The minimum Gasteiger partial charge on any atom is -0.300 e. The molecule has 0 aromatic heterocycles. The Kier molecular flexibility index (Phi) is 2.73. The summed E-state index contributed by atoms with van der Waals surface area (Å²) in [5.41, 5.74) is 7.64. The number of halogens is 1. The van der Waals surface area contributed by atoms with Gasteiger partial charge in [-0.15, -0.1) is 0 Å². The van der Waals surface area contributed by atoms with Crippen LogP contribution in [-0.2, 0) is 0 Å². The van der Waals surface area contributed by atoms with Crippen LogP contribution in [0.5, 0.6) is 0 Å². The highest BCUT2D eigenvalue weighted by Crippen LogP contribution is 2.35. The number of hydrazine groups is 1. The fraction of sp³-hybridized carbons (Fsp3) is 0.0667. The average molecular weight is 257 g/mol. The predicted molar refractivity (Wildman–Crippen MR) is 76.7 cm³/mol. The van der Waals surface area contributed by atoms with E-state index in [1.807, 2.05) is 29.4 Å². The van der Waals surface area contributed by atoms with E-state index in [1.165, 1.54) is 5.56 Å². The Bertz CT molecular complexity index is 602. The molecule has 0 fully saturated rings. The van der Waals surface area contributed by atoms with E-state index in [0.717, 1.165) is 22.0 Å². The molecule has 0 bridgehead atoms. The van der Waals surface area contributed by atoms with Crippen molar-refractivity contribution in [3.63, 3.8) is 0 Å². The maximum absolute atomic E-state index is 6.20. The van der Waals surface area contributed by atoms with Crippen LogP contribution in [0.25, 0.3) is 5.03 Å². The molecule has 3 heteroatoms. The van der Waals surface area contributed by atoms with E-state index in [-0.39, 0.29) is 0 Å². The van der Waals surface area contributed by atoms with Gasteiger partial charge in [0.25, 0.3) is 0 Å². The van der Waals surface area contributed by atoms with Gasteiger partial charge in [0.15, 0.2) is 0 Å². The fourth-order valence-corrected chi connectivity index (χ4v) is 2.26. The van der Waals surface area contributed by atoms with Gasteiger partial charge in [-0.3, -0.25) is 10.4 Å². The van der Waals surface area contributed by atoms with Crippen LogP contribution in [0.2, 0.25) is 0 Å². The summed E-state index contributed by atoms with van der Waals surface area (Å²) in [6, 6.07) is 16.5. The zero-order chi connectivity index (χ0) is 12.5. The van der Waals surface area contributed by atoms with Gasteiger partial charge in [-0.2, -0.15) is 0 Å². The van der Waals surface area contributed by atoms with Gasteiger partial charge in [0.05, 0.1) is 16.4 Å². The third kappa shape index (κ3) is 1.85. The first-order valence-electron chi connectivity index (χ1n) is 5.84. The third-order valence-corrected chi connectivity index (χ3v) is 3.33. The second kappa shape index (κ2) is 4.39. The van der Waals surface area contributed by atoms with Crippen LogP contribution in [-0.4, -0.2) is 0 Å². The average Bonchev–Trinajstić information content (AvgIpc) is 2.41. The van der Waals surface area contributed by atoms with Crippen LogP contribution in [0.4, 0.5) is 11.4 Å². The van der Waals surface area contributed by atoms with E-state index in [0.29, 0.717) is 0 Å². The summed E-state index contributed by atoms with van der Waals surface area (Å²) < 4.78 is 0. The maximum Gasteiger partial charge on any atom is 0.0718 e. The Morgan fingerprint density at radius 3 is 2.50 bits per heavy atom. The summed E-state index contributed by atoms with van der Waals surface area (Å²) in [5, 5.41) is 2.76. The first-order valence-corrected chi connectivity index (χ1v) is 6.21. The van der Waals surface area contributed by atoms with Crippen molar-refractivity contribution in [3.05, 3.63) is 65.9 Å². The summed E-state index contributed by atoms with van der Waals surface area (Å²) in [7, 11) is 0. The third-order valence-electron chi connectivity index (χ3n) is 3.01. The summed E-state index contributed by atoms with van der Waals surface area (Å²) in [6.45, 7) is 2.08. The second-order valence-corrected chi connectivity index (χ2v) is 4.72. The number of anilines is 2. The molecule has 0 atom stereocenters. The van der Waals surface area contributed by atoms with Gasteiger partial charge < -0.3 is 0 Å². The van der Waals surface area contributed by atoms with Crippen molar-refractivity contribution < 1.29 is 0 Å². The van der Waals surface area contributed by atoms with Crippen LogP contribution in [0.3, 0.4) is 0 Å². The summed E-state index contributed by atoms with van der Waals surface area (Å²) in [5.74, 6) is 0. The molecular weight excluding hydrogens is 244 g/mol. The molecule has 1 aliphatic rings. The monoisotopic (exact) mass is 256 g/mol. The molecule has 0 radical (unpaired) electrons. The molecule has 90 valence electrons. The number of fused-ring (bicyclic) bond motifs is 1. The molecule has 0 saturated heterocycles. The molecule has 3 rings (SSSR count). The summed E-state index contributed by atoms with van der Waals surface area (Å²) in [6.07, 6.45) is 1.81. The minimum absolute atomic E-state index is 0.731. The maximum atomic E-state index is 6.20. The van der Waals surface area contributed by atoms with Crippen LogP contribution in [0.15, 0.2) is 54.7 Å². The highest BCUT2D eigenvalue weighted by Gasteiger charge is 2.17. The topological polar surface area (TPSA) is 15.3 Å². The lowest BCUT2D eigenvalue weighted by atomic mass is 10.1. The lowest BCUT2D eigenvalue weighted by Gasteiger charge is -2.30. The Morgan fingerprint density at radius 2 is 1.72 bits per heavy atom. The molecule has 1 aliphatic heterocycles. The molecule has 2 aromatic carbocycles. The Morgan fingerprint density at radius 1 is 1.00 bits per heavy atom. The Labute approximate surface area is 111 Å². The zero-order valence-corrected chi connectivity index (χ0v) is 10.8. The number of hydrogen-bond acceptors (Lipinski definition) is 2. The Hall–Kier alpha value is -1.93. The van der Waals surface area contributed by atoms with Gasteiger partial charge in [0.2, 0.25) is 0 Å². The normalized spacial score (nSPS) is 13.7. The predicted octanol–water partition coefficient (Wildman–Crippen LogP) is 4.19. The van der Waals surface area contributed by atoms with Gasteiger partial charge in [0.1, 0.15) is 0 Å². The molecule has 1 N–H and O–H groups in total. The molecule has 0 amide bonds. The van der Waals surface area contributed by atoms with Crippen molar-refractivity contribution >= 4 is 28.0 Å². The first kappa shape index (κ1) is 11.2. The van der Waals surface area contributed by atoms with E-state index in [4.69, 9.17) is 11.6 Å².